The predicted molar refractivity (Wildman–Crippen MR) is 118 cm³/mol. The maximum absolute atomic E-state index is 13.6. The summed E-state index contributed by atoms with van der Waals surface area (Å²) < 4.78 is 10.9. The van der Waals surface area contributed by atoms with Crippen molar-refractivity contribution in [1.29, 1.82) is 0 Å². The topological polar surface area (TPSA) is 38.8 Å². The van der Waals surface area contributed by atoms with Gasteiger partial charge < -0.3 is 14.4 Å². The number of carbonyl (C=O) groups excluding carboxylic acids is 1. The Bertz CT molecular complexity index is 1050. The van der Waals surface area contributed by atoms with Gasteiger partial charge >= 0.3 is 0 Å². The zero-order chi connectivity index (χ0) is 21.1. The first-order chi connectivity index (χ1) is 14.6. The molecule has 1 heterocycles. The number of amides is 1. The number of fused-ring (bicyclic) bond motifs is 1. The van der Waals surface area contributed by atoms with Gasteiger partial charge in [0, 0.05) is 12.1 Å². The highest BCUT2D eigenvalue weighted by molar-refractivity contribution is 5.96. The van der Waals surface area contributed by atoms with E-state index >= 15 is 0 Å². The van der Waals surface area contributed by atoms with Gasteiger partial charge in [0.25, 0.3) is 5.91 Å². The molecule has 0 aliphatic carbocycles. The lowest BCUT2D eigenvalue weighted by atomic mass is 9.91. The van der Waals surface area contributed by atoms with Crippen molar-refractivity contribution in [3.63, 3.8) is 0 Å². The predicted octanol–water partition coefficient (Wildman–Crippen LogP) is 5.05. The molecule has 4 nitrogen and oxygen atoms in total. The Balaban J connectivity index is 1.64. The van der Waals surface area contributed by atoms with E-state index in [-0.39, 0.29) is 11.9 Å². The summed E-state index contributed by atoms with van der Waals surface area (Å²) in [6.07, 6.45) is 1.54. The SMILES string of the molecule is COc1cc2c(cc1OC)[C@H](C)N(C(=O)c1ccccc1Cc1ccccc1)CC2. The van der Waals surface area contributed by atoms with E-state index in [1.54, 1.807) is 14.2 Å². The molecule has 0 aromatic heterocycles. The minimum absolute atomic E-state index is 0.0363. The van der Waals surface area contributed by atoms with Crippen LogP contribution in [0.2, 0.25) is 0 Å². The van der Waals surface area contributed by atoms with Crippen molar-refractivity contribution in [3.8, 4) is 11.5 Å². The van der Waals surface area contributed by atoms with E-state index in [1.807, 2.05) is 53.4 Å². The summed E-state index contributed by atoms with van der Waals surface area (Å²) in [5.41, 5.74) is 5.36. The lowest BCUT2D eigenvalue weighted by Crippen LogP contribution is -2.39. The van der Waals surface area contributed by atoms with E-state index in [9.17, 15) is 4.79 Å². The summed E-state index contributed by atoms with van der Waals surface area (Å²) in [5.74, 6) is 1.51. The molecule has 3 aromatic carbocycles. The van der Waals surface area contributed by atoms with Gasteiger partial charge in [0.1, 0.15) is 0 Å². The largest absolute Gasteiger partial charge is 0.493 e. The third-order valence-electron chi connectivity index (χ3n) is 5.93. The molecule has 0 fully saturated rings. The van der Waals surface area contributed by atoms with Gasteiger partial charge in [-0.25, -0.2) is 0 Å². The molecule has 1 aliphatic rings. The van der Waals surface area contributed by atoms with Crippen LogP contribution in [-0.2, 0) is 12.8 Å². The van der Waals surface area contributed by atoms with Crippen LogP contribution in [-0.4, -0.2) is 31.6 Å². The smallest absolute Gasteiger partial charge is 0.254 e. The summed E-state index contributed by atoms with van der Waals surface area (Å²) in [6, 6.07) is 22.2. The molecule has 0 saturated heterocycles. The molecule has 0 saturated carbocycles. The first-order valence-electron chi connectivity index (χ1n) is 10.3. The van der Waals surface area contributed by atoms with E-state index in [4.69, 9.17) is 9.47 Å². The summed E-state index contributed by atoms with van der Waals surface area (Å²) in [7, 11) is 3.29. The monoisotopic (exact) mass is 401 g/mol. The van der Waals surface area contributed by atoms with Gasteiger partial charge in [-0.1, -0.05) is 48.5 Å². The zero-order valence-corrected chi connectivity index (χ0v) is 17.7. The van der Waals surface area contributed by atoms with Crippen LogP contribution in [0.15, 0.2) is 66.7 Å². The normalized spacial score (nSPS) is 15.4. The third kappa shape index (κ3) is 3.78. The molecule has 0 unspecified atom stereocenters. The molecule has 1 amide bonds. The second kappa shape index (κ2) is 8.62. The number of ether oxygens (including phenoxy) is 2. The fourth-order valence-electron chi connectivity index (χ4n) is 4.28. The standard InChI is InChI=1S/C26H27NO3/c1-18-23-17-25(30-3)24(29-2)16-21(23)13-14-27(18)26(28)22-12-8-7-11-20(22)15-19-9-5-4-6-10-19/h4-12,16-18H,13-15H2,1-3H3/t18-/m0/s1. The minimum atomic E-state index is -0.0363. The Morgan fingerprint density at radius 3 is 2.37 bits per heavy atom. The Hall–Kier alpha value is -3.27. The van der Waals surface area contributed by atoms with Crippen molar-refractivity contribution in [2.24, 2.45) is 0 Å². The highest BCUT2D eigenvalue weighted by atomic mass is 16.5. The molecule has 30 heavy (non-hydrogen) atoms. The highest BCUT2D eigenvalue weighted by Gasteiger charge is 2.30. The Kier molecular flexibility index (Phi) is 5.75. The van der Waals surface area contributed by atoms with Crippen LogP contribution >= 0.6 is 0 Å². The van der Waals surface area contributed by atoms with Gasteiger partial charge in [0.2, 0.25) is 0 Å². The summed E-state index contributed by atoms with van der Waals surface area (Å²) in [6.45, 7) is 2.77. The lowest BCUT2D eigenvalue weighted by molar-refractivity contribution is 0.0676. The number of methoxy groups -OCH3 is 2. The maximum atomic E-state index is 13.6. The molecule has 4 heteroatoms. The summed E-state index contributed by atoms with van der Waals surface area (Å²) >= 11 is 0. The van der Waals surface area contributed by atoms with Crippen LogP contribution in [0.25, 0.3) is 0 Å². The van der Waals surface area contributed by atoms with Crippen molar-refractivity contribution >= 4 is 5.91 Å². The van der Waals surface area contributed by atoms with Crippen LogP contribution in [0.4, 0.5) is 0 Å². The van der Waals surface area contributed by atoms with Crippen molar-refractivity contribution in [2.45, 2.75) is 25.8 Å². The van der Waals surface area contributed by atoms with E-state index < -0.39 is 0 Å². The molecule has 1 aliphatic heterocycles. The lowest BCUT2D eigenvalue weighted by Gasteiger charge is -2.36. The Morgan fingerprint density at radius 2 is 1.63 bits per heavy atom. The van der Waals surface area contributed by atoms with Gasteiger partial charge in [-0.2, -0.15) is 0 Å². The van der Waals surface area contributed by atoms with Crippen LogP contribution < -0.4 is 9.47 Å². The number of benzene rings is 3. The number of hydrogen-bond donors (Lipinski definition) is 0. The van der Waals surface area contributed by atoms with Crippen LogP contribution in [0.1, 0.15) is 45.6 Å². The van der Waals surface area contributed by atoms with Gasteiger partial charge in [-0.05, 0) is 60.2 Å². The van der Waals surface area contributed by atoms with Gasteiger partial charge in [0.15, 0.2) is 11.5 Å². The van der Waals surface area contributed by atoms with E-state index in [0.29, 0.717) is 12.3 Å². The quantitative estimate of drug-likeness (QED) is 0.600. The fraction of sp³-hybridized carbons (Fsp3) is 0.269. The molecule has 154 valence electrons. The number of nitrogens with zero attached hydrogens (tertiary/aromatic N) is 1. The summed E-state index contributed by atoms with van der Waals surface area (Å²) in [5, 5.41) is 0. The van der Waals surface area contributed by atoms with Crippen molar-refractivity contribution in [3.05, 3.63) is 94.5 Å². The molecular weight excluding hydrogens is 374 g/mol. The van der Waals surface area contributed by atoms with E-state index in [0.717, 1.165) is 35.3 Å². The van der Waals surface area contributed by atoms with Crippen LogP contribution in [0.5, 0.6) is 11.5 Å². The molecule has 3 aromatic rings. The third-order valence-corrected chi connectivity index (χ3v) is 5.93. The molecule has 0 bridgehead atoms. The van der Waals surface area contributed by atoms with E-state index in [2.05, 4.69) is 25.1 Å². The first kappa shape index (κ1) is 20.0. The second-order valence-electron chi connectivity index (χ2n) is 7.65. The second-order valence-corrected chi connectivity index (χ2v) is 7.65. The average Bonchev–Trinajstić information content (AvgIpc) is 2.79. The maximum Gasteiger partial charge on any atom is 0.254 e. The Morgan fingerprint density at radius 1 is 0.967 bits per heavy atom. The molecule has 0 N–H and O–H groups in total. The fourth-order valence-corrected chi connectivity index (χ4v) is 4.28. The molecule has 1 atom stereocenters. The Labute approximate surface area is 178 Å². The first-order valence-corrected chi connectivity index (χ1v) is 10.3. The average molecular weight is 402 g/mol. The van der Waals surface area contributed by atoms with Crippen LogP contribution in [0.3, 0.4) is 0 Å². The van der Waals surface area contributed by atoms with Crippen molar-refractivity contribution in [2.75, 3.05) is 20.8 Å². The van der Waals surface area contributed by atoms with Crippen molar-refractivity contribution < 1.29 is 14.3 Å². The minimum Gasteiger partial charge on any atom is -0.493 e. The summed E-state index contributed by atoms with van der Waals surface area (Å²) in [4.78, 5) is 15.5. The van der Waals surface area contributed by atoms with Gasteiger partial charge in [-0.3, -0.25) is 4.79 Å². The molecule has 0 spiro atoms. The number of rotatable bonds is 5. The molecule has 0 radical (unpaired) electrons. The van der Waals surface area contributed by atoms with E-state index in [1.165, 1.54) is 11.1 Å². The molecule has 4 rings (SSSR count). The number of hydrogen-bond acceptors (Lipinski definition) is 3. The van der Waals surface area contributed by atoms with Gasteiger partial charge in [0.05, 0.1) is 20.3 Å². The van der Waals surface area contributed by atoms with Crippen LogP contribution in [0, 0.1) is 0 Å². The van der Waals surface area contributed by atoms with Gasteiger partial charge in [-0.15, -0.1) is 0 Å². The number of carbonyl (C=O) groups is 1. The zero-order valence-electron chi connectivity index (χ0n) is 17.7. The molecular formula is C26H27NO3. The van der Waals surface area contributed by atoms with Crippen molar-refractivity contribution in [1.82, 2.24) is 4.90 Å². The highest BCUT2D eigenvalue weighted by Crippen LogP contribution is 2.38.